The standard InChI is InChI=1S/C27H22N6O2/c1-35-25-9-5-8-21(17-25)22-14-23(16-24(15-22)33-18-29-31-32-33)27(34)30-26(19-6-3-2-4-7-19)20-10-12-28-13-11-20/h2-18,26H,1H3,(H,30,34). The maximum Gasteiger partial charge on any atom is 0.252 e. The zero-order valence-corrected chi connectivity index (χ0v) is 18.9. The molecular weight excluding hydrogens is 440 g/mol. The number of tetrazole rings is 1. The lowest BCUT2D eigenvalue weighted by Gasteiger charge is -2.20. The van der Waals surface area contributed by atoms with E-state index >= 15 is 0 Å². The Morgan fingerprint density at radius 2 is 1.69 bits per heavy atom. The Morgan fingerprint density at radius 1 is 0.886 bits per heavy atom. The van der Waals surface area contributed by atoms with Crippen LogP contribution in [0, 0.1) is 0 Å². The first kappa shape index (κ1) is 22.0. The fraction of sp³-hybridized carbons (Fsp3) is 0.0741. The minimum Gasteiger partial charge on any atom is -0.497 e. The lowest BCUT2D eigenvalue weighted by atomic mass is 9.98. The average Bonchev–Trinajstić information content (AvgIpc) is 3.48. The highest BCUT2D eigenvalue weighted by Gasteiger charge is 2.19. The van der Waals surface area contributed by atoms with Crippen molar-refractivity contribution in [3.8, 4) is 22.6 Å². The van der Waals surface area contributed by atoms with Gasteiger partial charge in [0.15, 0.2) is 0 Å². The largest absolute Gasteiger partial charge is 0.497 e. The van der Waals surface area contributed by atoms with Crippen molar-refractivity contribution in [1.82, 2.24) is 30.5 Å². The number of amides is 1. The zero-order valence-electron chi connectivity index (χ0n) is 18.9. The van der Waals surface area contributed by atoms with E-state index in [-0.39, 0.29) is 11.9 Å². The molecule has 0 aliphatic carbocycles. The molecule has 0 aliphatic heterocycles. The van der Waals surface area contributed by atoms with Gasteiger partial charge in [0.1, 0.15) is 12.1 Å². The highest BCUT2D eigenvalue weighted by atomic mass is 16.5. The third-order valence-electron chi connectivity index (χ3n) is 5.64. The van der Waals surface area contributed by atoms with Gasteiger partial charge in [-0.05, 0) is 75.1 Å². The second kappa shape index (κ2) is 9.96. The van der Waals surface area contributed by atoms with E-state index in [1.54, 1.807) is 25.6 Å². The molecule has 0 radical (unpaired) electrons. The van der Waals surface area contributed by atoms with E-state index in [1.165, 1.54) is 11.0 Å². The van der Waals surface area contributed by atoms with Crippen LogP contribution in [0.25, 0.3) is 16.8 Å². The van der Waals surface area contributed by atoms with Crippen LogP contribution < -0.4 is 10.1 Å². The second-order valence-electron chi connectivity index (χ2n) is 7.85. The molecule has 8 nitrogen and oxygen atoms in total. The summed E-state index contributed by atoms with van der Waals surface area (Å²) < 4.78 is 6.91. The van der Waals surface area contributed by atoms with Crippen molar-refractivity contribution in [2.75, 3.05) is 7.11 Å². The van der Waals surface area contributed by atoms with Gasteiger partial charge in [-0.1, -0.05) is 42.5 Å². The highest BCUT2D eigenvalue weighted by molar-refractivity contribution is 5.96. The van der Waals surface area contributed by atoms with Crippen LogP contribution in [0.5, 0.6) is 5.75 Å². The van der Waals surface area contributed by atoms with Crippen LogP contribution in [0.1, 0.15) is 27.5 Å². The van der Waals surface area contributed by atoms with E-state index in [0.717, 1.165) is 28.0 Å². The molecular formula is C27H22N6O2. The molecule has 0 saturated heterocycles. The maximum atomic E-state index is 13.6. The third kappa shape index (κ3) is 4.91. The van der Waals surface area contributed by atoms with Crippen LogP contribution in [0.15, 0.2) is 104 Å². The summed E-state index contributed by atoms with van der Waals surface area (Å²) >= 11 is 0. The number of benzene rings is 3. The van der Waals surface area contributed by atoms with Gasteiger partial charge in [-0.25, -0.2) is 4.68 Å². The first-order valence-electron chi connectivity index (χ1n) is 11.0. The van der Waals surface area contributed by atoms with E-state index in [4.69, 9.17) is 4.74 Å². The molecule has 2 heterocycles. The minimum absolute atomic E-state index is 0.227. The highest BCUT2D eigenvalue weighted by Crippen LogP contribution is 2.28. The minimum atomic E-state index is -0.344. The van der Waals surface area contributed by atoms with Crippen molar-refractivity contribution in [3.05, 3.63) is 120 Å². The van der Waals surface area contributed by atoms with Crippen LogP contribution in [0.2, 0.25) is 0 Å². The van der Waals surface area contributed by atoms with Crippen molar-refractivity contribution in [1.29, 1.82) is 0 Å². The molecule has 0 saturated carbocycles. The smallest absolute Gasteiger partial charge is 0.252 e. The molecule has 1 atom stereocenters. The molecule has 0 spiro atoms. The van der Waals surface area contributed by atoms with Crippen LogP contribution in [0.3, 0.4) is 0 Å². The van der Waals surface area contributed by atoms with Crippen molar-refractivity contribution in [2.45, 2.75) is 6.04 Å². The van der Waals surface area contributed by atoms with Gasteiger partial charge in [-0.15, -0.1) is 5.10 Å². The van der Waals surface area contributed by atoms with Crippen molar-refractivity contribution in [2.24, 2.45) is 0 Å². The van der Waals surface area contributed by atoms with Crippen LogP contribution >= 0.6 is 0 Å². The van der Waals surface area contributed by atoms with Crippen LogP contribution in [0.4, 0.5) is 0 Å². The number of carbonyl (C=O) groups excluding carboxylic acids is 1. The Hall–Kier alpha value is -4.85. The van der Waals surface area contributed by atoms with Crippen molar-refractivity contribution >= 4 is 5.91 Å². The molecule has 3 aromatic carbocycles. The summed E-state index contributed by atoms with van der Waals surface area (Å²) in [7, 11) is 1.62. The van der Waals surface area contributed by atoms with Crippen molar-refractivity contribution < 1.29 is 9.53 Å². The van der Waals surface area contributed by atoms with E-state index in [0.29, 0.717) is 11.3 Å². The van der Waals surface area contributed by atoms with Gasteiger partial charge >= 0.3 is 0 Å². The predicted octanol–water partition coefficient (Wildman–Crippen LogP) is 4.25. The van der Waals surface area contributed by atoms with Gasteiger partial charge in [0, 0.05) is 18.0 Å². The molecule has 8 heteroatoms. The quantitative estimate of drug-likeness (QED) is 0.389. The summed E-state index contributed by atoms with van der Waals surface area (Å²) in [5.41, 5.74) is 4.79. The number of hydrogen-bond donors (Lipinski definition) is 1. The number of aromatic nitrogens is 5. The molecule has 0 aliphatic rings. The normalized spacial score (nSPS) is 11.6. The summed E-state index contributed by atoms with van der Waals surface area (Å²) in [4.78, 5) is 17.7. The number of ether oxygens (including phenoxy) is 1. The van der Waals surface area contributed by atoms with E-state index < -0.39 is 0 Å². The lowest BCUT2D eigenvalue weighted by molar-refractivity contribution is 0.0943. The molecule has 1 amide bonds. The second-order valence-corrected chi connectivity index (χ2v) is 7.85. The molecule has 35 heavy (non-hydrogen) atoms. The van der Waals surface area contributed by atoms with E-state index in [2.05, 4.69) is 25.8 Å². The maximum absolute atomic E-state index is 13.6. The van der Waals surface area contributed by atoms with Crippen molar-refractivity contribution in [3.63, 3.8) is 0 Å². The summed E-state index contributed by atoms with van der Waals surface area (Å²) in [6, 6.07) is 26.5. The number of hydrogen-bond acceptors (Lipinski definition) is 6. The summed E-state index contributed by atoms with van der Waals surface area (Å²) in [5.74, 6) is 0.498. The van der Waals surface area contributed by atoms with Gasteiger partial charge < -0.3 is 10.1 Å². The van der Waals surface area contributed by atoms with Gasteiger partial charge in [-0.2, -0.15) is 0 Å². The molecule has 2 aromatic heterocycles. The molecule has 0 fully saturated rings. The van der Waals surface area contributed by atoms with Gasteiger partial charge in [0.05, 0.1) is 18.8 Å². The number of methoxy groups -OCH3 is 1. The number of pyridine rings is 1. The number of rotatable bonds is 7. The number of nitrogens with one attached hydrogen (secondary N) is 1. The van der Waals surface area contributed by atoms with E-state index in [1.807, 2.05) is 78.9 Å². The van der Waals surface area contributed by atoms with Crippen LogP contribution in [-0.2, 0) is 0 Å². The molecule has 5 aromatic rings. The third-order valence-corrected chi connectivity index (χ3v) is 5.64. The first-order chi connectivity index (χ1) is 17.2. The zero-order chi connectivity index (χ0) is 24.0. The lowest BCUT2D eigenvalue weighted by Crippen LogP contribution is -2.29. The van der Waals surface area contributed by atoms with Gasteiger partial charge in [-0.3, -0.25) is 9.78 Å². The Morgan fingerprint density at radius 3 is 2.43 bits per heavy atom. The predicted molar refractivity (Wildman–Crippen MR) is 131 cm³/mol. The monoisotopic (exact) mass is 462 g/mol. The Labute approximate surface area is 202 Å². The van der Waals surface area contributed by atoms with Gasteiger partial charge in [0.2, 0.25) is 0 Å². The SMILES string of the molecule is COc1cccc(-c2cc(C(=O)NC(c3ccccc3)c3ccncc3)cc(-n3cnnn3)c2)c1. The summed E-state index contributed by atoms with van der Waals surface area (Å²) in [5, 5.41) is 14.7. The number of nitrogens with zero attached hydrogens (tertiary/aromatic N) is 5. The first-order valence-corrected chi connectivity index (χ1v) is 11.0. The fourth-order valence-corrected chi connectivity index (χ4v) is 3.90. The number of carbonyl (C=O) groups is 1. The van der Waals surface area contributed by atoms with Crippen LogP contribution in [-0.4, -0.2) is 38.2 Å². The molecule has 5 rings (SSSR count). The van der Waals surface area contributed by atoms with E-state index in [9.17, 15) is 4.79 Å². The fourth-order valence-electron chi connectivity index (χ4n) is 3.90. The summed E-state index contributed by atoms with van der Waals surface area (Å²) in [6.45, 7) is 0. The topological polar surface area (TPSA) is 94.8 Å². The Bertz CT molecular complexity index is 1380. The average molecular weight is 463 g/mol. The Kier molecular flexibility index (Phi) is 6.25. The summed E-state index contributed by atoms with van der Waals surface area (Å²) in [6.07, 6.45) is 4.93. The Balaban J connectivity index is 1.56. The van der Waals surface area contributed by atoms with Gasteiger partial charge in [0.25, 0.3) is 5.91 Å². The molecule has 172 valence electrons. The molecule has 0 bridgehead atoms. The molecule has 1 unspecified atom stereocenters. The molecule has 1 N–H and O–H groups in total.